The van der Waals surface area contributed by atoms with Crippen molar-refractivity contribution in [1.82, 2.24) is 19.1 Å². The molecule has 0 atom stereocenters. The summed E-state index contributed by atoms with van der Waals surface area (Å²) in [5, 5.41) is 0. The van der Waals surface area contributed by atoms with E-state index >= 15 is 0 Å². The summed E-state index contributed by atoms with van der Waals surface area (Å²) in [5.74, 6) is 1.65. The summed E-state index contributed by atoms with van der Waals surface area (Å²) >= 11 is 0. The molecular formula is C8H11N5. The predicted molar refractivity (Wildman–Crippen MR) is 48.2 cm³/mol. The Balaban J connectivity index is 2.52. The molecule has 0 saturated heterocycles. The van der Waals surface area contributed by atoms with Crippen molar-refractivity contribution in [3.63, 3.8) is 0 Å². The second-order valence-electron chi connectivity index (χ2n) is 2.76. The summed E-state index contributed by atoms with van der Waals surface area (Å²) in [5.41, 5.74) is 5.53. The normalized spacial score (nSPS) is 10.6. The second kappa shape index (κ2) is 3.02. The van der Waals surface area contributed by atoms with Crippen LogP contribution in [0.1, 0.15) is 5.82 Å². The van der Waals surface area contributed by atoms with Gasteiger partial charge >= 0.3 is 0 Å². The molecular weight excluding hydrogens is 166 g/mol. The molecule has 0 saturated carbocycles. The zero-order valence-electron chi connectivity index (χ0n) is 7.38. The van der Waals surface area contributed by atoms with E-state index in [1.54, 1.807) is 12.4 Å². The molecule has 2 rings (SSSR count). The van der Waals surface area contributed by atoms with Crippen LogP contribution in [0.5, 0.6) is 0 Å². The van der Waals surface area contributed by atoms with Gasteiger partial charge in [0.2, 0.25) is 5.95 Å². The highest BCUT2D eigenvalue weighted by molar-refractivity contribution is 5.16. The molecule has 0 aliphatic heterocycles. The van der Waals surface area contributed by atoms with E-state index in [-0.39, 0.29) is 0 Å². The van der Waals surface area contributed by atoms with Gasteiger partial charge in [-0.1, -0.05) is 0 Å². The van der Waals surface area contributed by atoms with E-state index in [1.807, 2.05) is 28.6 Å². The first-order valence-corrected chi connectivity index (χ1v) is 4.03. The summed E-state index contributed by atoms with van der Waals surface area (Å²) < 4.78 is 3.79. The minimum absolute atomic E-state index is 0.417. The molecule has 2 N–H and O–H groups in total. The van der Waals surface area contributed by atoms with E-state index in [0.717, 1.165) is 11.8 Å². The SMILES string of the molecule is Cn1ccnc1-n1ccnc1CN. The van der Waals surface area contributed by atoms with Crippen molar-refractivity contribution in [3.05, 3.63) is 30.6 Å². The number of aryl methyl sites for hydroxylation is 1. The van der Waals surface area contributed by atoms with Gasteiger partial charge in [-0.3, -0.25) is 4.57 Å². The van der Waals surface area contributed by atoms with Crippen LogP contribution in [0, 0.1) is 0 Å². The number of imidazole rings is 2. The van der Waals surface area contributed by atoms with Gasteiger partial charge in [0, 0.05) is 31.8 Å². The van der Waals surface area contributed by atoms with Crippen LogP contribution in [-0.4, -0.2) is 19.1 Å². The maximum absolute atomic E-state index is 5.53. The molecule has 0 unspecified atom stereocenters. The summed E-state index contributed by atoms with van der Waals surface area (Å²) in [4.78, 5) is 8.31. The van der Waals surface area contributed by atoms with Gasteiger partial charge in [0.05, 0.1) is 6.54 Å². The van der Waals surface area contributed by atoms with Gasteiger partial charge in [0.1, 0.15) is 5.82 Å². The largest absolute Gasteiger partial charge is 0.324 e. The molecule has 5 nitrogen and oxygen atoms in total. The molecule has 2 aromatic heterocycles. The van der Waals surface area contributed by atoms with Crippen LogP contribution < -0.4 is 5.73 Å². The number of nitrogens with zero attached hydrogens (tertiary/aromatic N) is 4. The maximum atomic E-state index is 5.53. The first kappa shape index (κ1) is 8.00. The average molecular weight is 177 g/mol. The van der Waals surface area contributed by atoms with Gasteiger partial charge in [0.15, 0.2) is 0 Å². The molecule has 0 amide bonds. The van der Waals surface area contributed by atoms with E-state index in [4.69, 9.17) is 5.73 Å². The predicted octanol–water partition coefficient (Wildman–Crippen LogP) is 0.0645. The fourth-order valence-corrected chi connectivity index (χ4v) is 1.26. The third kappa shape index (κ3) is 1.23. The lowest BCUT2D eigenvalue weighted by Gasteiger charge is -2.04. The second-order valence-corrected chi connectivity index (χ2v) is 2.76. The van der Waals surface area contributed by atoms with Crippen molar-refractivity contribution >= 4 is 0 Å². The molecule has 5 heteroatoms. The molecule has 0 spiro atoms. The van der Waals surface area contributed by atoms with E-state index in [0.29, 0.717) is 6.54 Å². The molecule has 2 aromatic rings. The van der Waals surface area contributed by atoms with Crippen molar-refractivity contribution in [2.24, 2.45) is 12.8 Å². The number of nitrogens with two attached hydrogens (primary N) is 1. The van der Waals surface area contributed by atoms with Crippen molar-refractivity contribution in [2.75, 3.05) is 0 Å². The lowest BCUT2D eigenvalue weighted by atomic mass is 10.6. The molecule has 0 aliphatic carbocycles. The average Bonchev–Trinajstić information content (AvgIpc) is 2.71. The lowest BCUT2D eigenvalue weighted by molar-refractivity contribution is 0.769. The standard InChI is InChI=1S/C8H11N5/c1-12-4-2-11-8(12)13-5-3-10-7(13)6-9/h2-5H,6,9H2,1H3. The van der Waals surface area contributed by atoms with Gasteiger partial charge in [-0.15, -0.1) is 0 Å². The van der Waals surface area contributed by atoms with E-state index in [9.17, 15) is 0 Å². The van der Waals surface area contributed by atoms with Gasteiger partial charge in [-0.25, -0.2) is 9.97 Å². The zero-order valence-corrected chi connectivity index (χ0v) is 7.38. The summed E-state index contributed by atoms with van der Waals surface area (Å²) in [7, 11) is 1.93. The van der Waals surface area contributed by atoms with E-state index in [1.165, 1.54) is 0 Å². The number of hydrogen-bond donors (Lipinski definition) is 1. The Labute approximate surface area is 75.8 Å². The Morgan fingerprint density at radius 3 is 2.69 bits per heavy atom. The monoisotopic (exact) mass is 177 g/mol. The first-order valence-electron chi connectivity index (χ1n) is 4.03. The molecule has 0 aliphatic rings. The summed E-state index contributed by atoms with van der Waals surface area (Å²) in [6.45, 7) is 0.417. The Morgan fingerprint density at radius 1 is 1.31 bits per heavy atom. The molecule has 0 radical (unpaired) electrons. The number of hydrogen-bond acceptors (Lipinski definition) is 3. The van der Waals surface area contributed by atoms with Crippen LogP contribution in [0.15, 0.2) is 24.8 Å². The smallest absolute Gasteiger partial charge is 0.214 e. The molecule has 2 heterocycles. The van der Waals surface area contributed by atoms with Crippen molar-refractivity contribution in [1.29, 1.82) is 0 Å². The van der Waals surface area contributed by atoms with Crippen LogP contribution in [0.25, 0.3) is 5.95 Å². The van der Waals surface area contributed by atoms with Gasteiger partial charge in [-0.05, 0) is 0 Å². The summed E-state index contributed by atoms with van der Waals surface area (Å²) in [6, 6.07) is 0. The highest BCUT2D eigenvalue weighted by Gasteiger charge is 2.05. The molecule has 68 valence electrons. The van der Waals surface area contributed by atoms with Crippen LogP contribution in [0.4, 0.5) is 0 Å². The van der Waals surface area contributed by atoms with Gasteiger partial charge in [-0.2, -0.15) is 0 Å². The first-order chi connectivity index (χ1) is 6.33. The van der Waals surface area contributed by atoms with Crippen molar-refractivity contribution in [2.45, 2.75) is 6.54 Å². The van der Waals surface area contributed by atoms with Crippen molar-refractivity contribution < 1.29 is 0 Å². The fourth-order valence-electron chi connectivity index (χ4n) is 1.26. The summed E-state index contributed by atoms with van der Waals surface area (Å²) in [6.07, 6.45) is 7.20. The molecule has 0 fully saturated rings. The van der Waals surface area contributed by atoms with Crippen LogP contribution in [0.3, 0.4) is 0 Å². The minimum Gasteiger partial charge on any atom is -0.324 e. The third-order valence-electron chi connectivity index (χ3n) is 1.91. The van der Waals surface area contributed by atoms with Crippen LogP contribution in [-0.2, 0) is 13.6 Å². The highest BCUT2D eigenvalue weighted by Crippen LogP contribution is 2.06. The van der Waals surface area contributed by atoms with E-state index < -0.39 is 0 Å². The zero-order chi connectivity index (χ0) is 9.26. The Kier molecular flexibility index (Phi) is 1.86. The fraction of sp³-hybridized carbons (Fsp3) is 0.250. The quantitative estimate of drug-likeness (QED) is 0.705. The third-order valence-corrected chi connectivity index (χ3v) is 1.91. The molecule has 0 aromatic carbocycles. The van der Waals surface area contributed by atoms with Gasteiger partial charge in [0.25, 0.3) is 0 Å². The number of rotatable bonds is 2. The molecule has 0 bridgehead atoms. The number of aromatic nitrogens is 4. The van der Waals surface area contributed by atoms with Crippen LogP contribution in [0.2, 0.25) is 0 Å². The maximum Gasteiger partial charge on any atom is 0.214 e. The topological polar surface area (TPSA) is 61.7 Å². The lowest BCUT2D eigenvalue weighted by Crippen LogP contribution is -2.09. The highest BCUT2D eigenvalue weighted by atomic mass is 15.2. The van der Waals surface area contributed by atoms with Gasteiger partial charge < -0.3 is 10.3 Å². The van der Waals surface area contributed by atoms with Crippen LogP contribution >= 0.6 is 0 Å². The Hall–Kier alpha value is -1.62. The van der Waals surface area contributed by atoms with E-state index in [2.05, 4.69) is 9.97 Å². The van der Waals surface area contributed by atoms with Crippen molar-refractivity contribution in [3.8, 4) is 5.95 Å². The minimum atomic E-state index is 0.417. The Bertz CT molecular complexity index is 400. The Morgan fingerprint density at radius 2 is 2.08 bits per heavy atom. The molecule has 13 heavy (non-hydrogen) atoms.